The zero-order valence-electron chi connectivity index (χ0n) is 10.3. The predicted octanol–water partition coefficient (Wildman–Crippen LogP) is 2.26. The number of ether oxygens (including phenoxy) is 1. The smallest absolute Gasteiger partial charge is 0.305 e. The van der Waals surface area contributed by atoms with Crippen LogP contribution in [0.3, 0.4) is 0 Å². The van der Waals surface area contributed by atoms with Gasteiger partial charge in [-0.2, -0.15) is 0 Å². The van der Waals surface area contributed by atoms with E-state index in [-0.39, 0.29) is 18.3 Å². The molecule has 0 bridgehead atoms. The van der Waals surface area contributed by atoms with Crippen molar-refractivity contribution in [2.75, 3.05) is 19.8 Å². The van der Waals surface area contributed by atoms with Crippen molar-refractivity contribution in [3.8, 4) is 0 Å². The Hall–Kier alpha value is -0.980. The highest BCUT2D eigenvalue weighted by molar-refractivity contribution is 9.10. The van der Waals surface area contributed by atoms with E-state index in [0.717, 1.165) is 5.56 Å². The SMILES string of the molecule is O=C(O)CC1COCCN1Cc1ccc(F)c(Br)c1. The Morgan fingerprint density at radius 2 is 2.37 bits per heavy atom. The van der Waals surface area contributed by atoms with Crippen LogP contribution in [0.15, 0.2) is 22.7 Å². The first kappa shape index (κ1) is 14.4. The number of carboxylic acids is 1. The van der Waals surface area contributed by atoms with Crippen LogP contribution in [-0.2, 0) is 16.1 Å². The number of hydrogen-bond donors (Lipinski definition) is 1. The van der Waals surface area contributed by atoms with Crippen LogP contribution >= 0.6 is 15.9 Å². The molecule has 6 heteroatoms. The van der Waals surface area contributed by atoms with Gasteiger partial charge in [0.1, 0.15) is 5.82 Å². The lowest BCUT2D eigenvalue weighted by Gasteiger charge is -2.34. The molecule has 19 heavy (non-hydrogen) atoms. The average molecular weight is 332 g/mol. The fourth-order valence-corrected chi connectivity index (χ4v) is 2.59. The van der Waals surface area contributed by atoms with Crippen molar-refractivity contribution >= 4 is 21.9 Å². The highest BCUT2D eigenvalue weighted by Crippen LogP contribution is 2.20. The van der Waals surface area contributed by atoms with Gasteiger partial charge in [-0.05, 0) is 33.6 Å². The molecule has 1 aromatic rings. The Morgan fingerprint density at radius 1 is 1.58 bits per heavy atom. The zero-order chi connectivity index (χ0) is 13.8. The molecule has 0 saturated carbocycles. The molecule has 1 atom stereocenters. The van der Waals surface area contributed by atoms with Gasteiger partial charge in [0.25, 0.3) is 0 Å². The van der Waals surface area contributed by atoms with Gasteiger partial charge in [-0.15, -0.1) is 0 Å². The summed E-state index contributed by atoms with van der Waals surface area (Å²) in [6.45, 7) is 2.31. The van der Waals surface area contributed by atoms with Gasteiger partial charge in [0, 0.05) is 19.1 Å². The van der Waals surface area contributed by atoms with E-state index in [2.05, 4.69) is 20.8 Å². The number of carbonyl (C=O) groups is 1. The van der Waals surface area contributed by atoms with Crippen LogP contribution in [0.25, 0.3) is 0 Å². The van der Waals surface area contributed by atoms with E-state index in [0.29, 0.717) is 30.8 Å². The van der Waals surface area contributed by atoms with Gasteiger partial charge >= 0.3 is 5.97 Å². The normalized spacial score (nSPS) is 20.4. The molecule has 0 amide bonds. The number of rotatable bonds is 4. The number of morpholine rings is 1. The molecule has 2 rings (SSSR count). The molecular formula is C13H15BrFNO3. The summed E-state index contributed by atoms with van der Waals surface area (Å²) in [5.74, 6) is -1.13. The molecule has 4 nitrogen and oxygen atoms in total. The second-order valence-corrected chi connectivity index (χ2v) is 5.40. The van der Waals surface area contributed by atoms with Crippen LogP contribution in [0.1, 0.15) is 12.0 Å². The summed E-state index contributed by atoms with van der Waals surface area (Å²) in [6, 6.07) is 4.72. The maximum absolute atomic E-state index is 13.2. The number of benzene rings is 1. The first-order valence-corrected chi connectivity index (χ1v) is 6.83. The second-order valence-electron chi connectivity index (χ2n) is 4.55. The minimum Gasteiger partial charge on any atom is -0.481 e. The fourth-order valence-electron chi connectivity index (χ4n) is 2.16. The van der Waals surface area contributed by atoms with E-state index in [9.17, 15) is 9.18 Å². The van der Waals surface area contributed by atoms with Crippen molar-refractivity contribution in [2.24, 2.45) is 0 Å². The van der Waals surface area contributed by atoms with Gasteiger partial charge in [0.15, 0.2) is 0 Å². The molecule has 0 aromatic heterocycles. The zero-order valence-corrected chi connectivity index (χ0v) is 11.9. The molecule has 1 N–H and O–H groups in total. The summed E-state index contributed by atoms with van der Waals surface area (Å²) < 4.78 is 18.9. The Labute approximate surface area is 119 Å². The molecule has 1 saturated heterocycles. The maximum Gasteiger partial charge on any atom is 0.305 e. The maximum atomic E-state index is 13.2. The van der Waals surface area contributed by atoms with Crippen LogP contribution in [-0.4, -0.2) is 41.8 Å². The lowest BCUT2D eigenvalue weighted by molar-refractivity contribution is -0.140. The molecular weight excluding hydrogens is 317 g/mol. The molecule has 1 aromatic carbocycles. The summed E-state index contributed by atoms with van der Waals surface area (Å²) in [7, 11) is 0. The summed E-state index contributed by atoms with van der Waals surface area (Å²) in [5, 5.41) is 8.89. The third-order valence-electron chi connectivity index (χ3n) is 3.13. The Bertz CT molecular complexity index is 469. The van der Waals surface area contributed by atoms with Crippen LogP contribution in [0, 0.1) is 5.82 Å². The van der Waals surface area contributed by atoms with Gasteiger partial charge in [-0.25, -0.2) is 4.39 Å². The monoisotopic (exact) mass is 331 g/mol. The van der Waals surface area contributed by atoms with Crippen LogP contribution < -0.4 is 0 Å². The summed E-state index contributed by atoms with van der Waals surface area (Å²) in [6.07, 6.45) is 0.0579. The van der Waals surface area contributed by atoms with E-state index in [4.69, 9.17) is 9.84 Å². The van der Waals surface area contributed by atoms with E-state index in [1.807, 2.05) is 0 Å². The molecule has 0 spiro atoms. The largest absolute Gasteiger partial charge is 0.481 e. The molecule has 1 heterocycles. The molecule has 1 aliphatic rings. The Kier molecular flexibility index (Phi) is 4.90. The van der Waals surface area contributed by atoms with Crippen LogP contribution in [0.2, 0.25) is 0 Å². The number of hydrogen-bond acceptors (Lipinski definition) is 3. The summed E-state index contributed by atoms with van der Waals surface area (Å²) in [4.78, 5) is 12.9. The first-order chi connectivity index (χ1) is 9.06. The van der Waals surface area contributed by atoms with Crippen LogP contribution in [0.4, 0.5) is 4.39 Å². The third kappa shape index (κ3) is 3.99. The van der Waals surface area contributed by atoms with Gasteiger partial charge < -0.3 is 9.84 Å². The number of aliphatic carboxylic acids is 1. The molecule has 0 aliphatic carbocycles. The van der Waals surface area contributed by atoms with Gasteiger partial charge in [-0.1, -0.05) is 6.07 Å². The minimum absolute atomic E-state index is 0.0579. The average Bonchev–Trinajstić information content (AvgIpc) is 2.36. The topological polar surface area (TPSA) is 49.8 Å². The van der Waals surface area contributed by atoms with E-state index in [1.54, 1.807) is 12.1 Å². The van der Waals surface area contributed by atoms with Crippen molar-refractivity contribution in [2.45, 2.75) is 19.0 Å². The fraction of sp³-hybridized carbons (Fsp3) is 0.462. The quantitative estimate of drug-likeness (QED) is 0.919. The minimum atomic E-state index is -0.833. The summed E-state index contributed by atoms with van der Waals surface area (Å²) >= 11 is 3.15. The molecule has 1 aliphatic heterocycles. The van der Waals surface area contributed by atoms with Crippen molar-refractivity contribution < 1.29 is 19.0 Å². The van der Waals surface area contributed by atoms with Gasteiger partial charge in [0.05, 0.1) is 24.1 Å². The Balaban J connectivity index is 2.06. The van der Waals surface area contributed by atoms with Crippen molar-refractivity contribution in [1.82, 2.24) is 4.90 Å². The highest BCUT2D eigenvalue weighted by atomic mass is 79.9. The lowest BCUT2D eigenvalue weighted by Crippen LogP contribution is -2.45. The standard InChI is InChI=1S/C13H15BrFNO3/c14-11-5-9(1-2-12(11)15)7-16-3-4-19-8-10(16)6-13(17)18/h1-2,5,10H,3-4,6-8H2,(H,17,18). The van der Waals surface area contributed by atoms with Crippen LogP contribution in [0.5, 0.6) is 0 Å². The van der Waals surface area contributed by atoms with E-state index < -0.39 is 5.97 Å². The third-order valence-corrected chi connectivity index (χ3v) is 3.74. The molecule has 1 unspecified atom stereocenters. The highest BCUT2D eigenvalue weighted by Gasteiger charge is 2.25. The lowest BCUT2D eigenvalue weighted by atomic mass is 10.1. The van der Waals surface area contributed by atoms with Gasteiger partial charge in [0.2, 0.25) is 0 Å². The first-order valence-electron chi connectivity index (χ1n) is 6.04. The molecule has 0 radical (unpaired) electrons. The van der Waals surface area contributed by atoms with Gasteiger partial charge in [-0.3, -0.25) is 9.69 Å². The van der Waals surface area contributed by atoms with E-state index >= 15 is 0 Å². The summed E-state index contributed by atoms with van der Waals surface area (Å²) in [5.41, 5.74) is 0.950. The number of carboxylic acid groups (broad SMARTS) is 1. The van der Waals surface area contributed by atoms with E-state index in [1.165, 1.54) is 6.07 Å². The van der Waals surface area contributed by atoms with Crippen molar-refractivity contribution in [3.63, 3.8) is 0 Å². The van der Waals surface area contributed by atoms with Crippen molar-refractivity contribution in [3.05, 3.63) is 34.1 Å². The molecule has 104 valence electrons. The number of nitrogens with zero attached hydrogens (tertiary/aromatic N) is 1. The second kappa shape index (κ2) is 6.45. The predicted molar refractivity (Wildman–Crippen MR) is 71.4 cm³/mol. The number of halogens is 2. The van der Waals surface area contributed by atoms with Crippen molar-refractivity contribution in [1.29, 1.82) is 0 Å². The molecule has 1 fully saturated rings. The Morgan fingerprint density at radius 3 is 3.05 bits per heavy atom.